The molecule has 6 saturated carbocycles. The molecular weight excluding hydrogens is 531 g/mol. The summed E-state index contributed by atoms with van der Waals surface area (Å²) in [6, 6.07) is 0. The Morgan fingerprint density at radius 2 is 1.61 bits per heavy atom. The Hall–Kier alpha value is -1.45. The summed E-state index contributed by atoms with van der Waals surface area (Å²) in [5, 5.41) is 0. The Labute approximate surface area is 205 Å². The molecule has 0 aromatic carbocycles. The molecule has 0 aromatic heterocycles. The van der Waals surface area contributed by atoms with E-state index in [4.69, 9.17) is 13.7 Å². The molecule has 7 aliphatic rings. The average Bonchev–Trinajstić information content (AvgIpc) is 3.32. The first-order valence-corrected chi connectivity index (χ1v) is 14.9. The van der Waals surface area contributed by atoms with Crippen molar-refractivity contribution in [2.75, 3.05) is 0 Å². The molecule has 15 heteroatoms. The normalized spacial score (nSPS) is 46.8. The third-order valence-electron chi connectivity index (χ3n) is 9.76. The first-order valence-electron chi connectivity index (χ1n) is 12.0. The number of esters is 2. The van der Waals surface area contributed by atoms with Gasteiger partial charge in [-0.15, -0.1) is 0 Å². The highest BCUT2D eigenvalue weighted by molar-refractivity contribution is 8.03. The molecule has 7 fully saturated rings. The number of carbonyl (C=O) groups is 2. The predicted molar refractivity (Wildman–Crippen MR) is 112 cm³/mol. The number of ether oxygens (including phenoxy) is 2. The van der Waals surface area contributed by atoms with Crippen molar-refractivity contribution >= 4 is 32.3 Å². The Morgan fingerprint density at radius 1 is 1.03 bits per heavy atom. The number of halogens is 3. The zero-order valence-electron chi connectivity index (χ0n) is 19.2. The van der Waals surface area contributed by atoms with Gasteiger partial charge in [0.1, 0.15) is 17.8 Å². The zero-order valence-corrected chi connectivity index (χ0v) is 20.8. The van der Waals surface area contributed by atoms with E-state index < -0.39 is 72.8 Å². The molecule has 1 aliphatic heterocycles. The smallest absolute Gasteiger partial charge is 0.458 e. The van der Waals surface area contributed by atoms with Gasteiger partial charge in [0.2, 0.25) is 0 Å². The largest absolute Gasteiger partial charge is 0.512 e. The molecule has 202 valence electrons. The number of hydrogen-bond donors (Lipinski definition) is 1. The summed E-state index contributed by atoms with van der Waals surface area (Å²) < 4.78 is 101. The second kappa shape index (κ2) is 7.35. The molecule has 0 aromatic rings. The number of rotatable bonds is 6. The molecule has 0 spiro atoms. The number of sulfonamides is 1. The molecule has 1 heterocycles. The van der Waals surface area contributed by atoms with E-state index in [1.54, 1.807) is 0 Å². The summed E-state index contributed by atoms with van der Waals surface area (Å²) in [7, 11) is -11.7. The molecule has 1 saturated heterocycles. The number of alkyl halides is 3. The number of carbonyl (C=O) groups excluding carboxylic acids is 2. The van der Waals surface area contributed by atoms with Crippen molar-refractivity contribution in [3.63, 3.8) is 0 Å². The fourth-order valence-corrected chi connectivity index (χ4v) is 10.5. The highest BCUT2D eigenvalue weighted by Gasteiger charge is 2.76. The fourth-order valence-electron chi connectivity index (χ4n) is 8.33. The molecule has 7 rings (SSSR count). The van der Waals surface area contributed by atoms with Crippen LogP contribution in [0.15, 0.2) is 0 Å². The van der Waals surface area contributed by atoms with E-state index in [9.17, 15) is 39.6 Å². The van der Waals surface area contributed by atoms with Gasteiger partial charge in [0.05, 0.1) is 0 Å². The second-order valence-electron chi connectivity index (χ2n) is 11.6. The minimum Gasteiger partial charge on any atom is -0.458 e. The van der Waals surface area contributed by atoms with Crippen molar-refractivity contribution in [3.05, 3.63) is 0 Å². The Balaban J connectivity index is 1.19. The molecule has 1 N–H and O–H groups in total. The van der Waals surface area contributed by atoms with Crippen molar-refractivity contribution in [1.82, 2.24) is 4.13 Å². The van der Waals surface area contributed by atoms with Crippen LogP contribution in [0.5, 0.6) is 0 Å². The van der Waals surface area contributed by atoms with Gasteiger partial charge < -0.3 is 9.47 Å². The van der Waals surface area contributed by atoms with Gasteiger partial charge in [-0.2, -0.15) is 21.6 Å². The summed E-state index contributed by atoms with van der Waals surface area (Å²) >= 11 is 0. The lowest BCUT2D eigenvalue weighted by Crippen LogP contribution is -2.59. The van der Waals surface area contributed by atoms with Crippen LogP contribution in [0.3, 0.4) is 0 Å². The molecule has 0 radical (unpaired) electrons. The molecule has 0 amide bonds. The lowest BCUT2D eigenvalue weighted by molar-refractivity contribution is -0.214. The van der Waals surface area contributed by atoms with E-state index in [2.05, 4.69) is 0 Å². The third kappa shape index (κ3) is 3.34. The van der Waals surface area contributed by atoms with Crippen LogP contribution in [0, 0.1) is 40.9 Å². The van der Waals surface area contributed by atoms with Gasteiger partial charge in [-0.1, -0.05) is 4.13 Å². The van der Waals surface area contributed by atoms with E-state index in [0.717, 1.165) is 25.7 Å². The van der Waals surface area contributed by atoms with E-state index in [1.807, 2.05) is 6.92 Å². The number of nitrogens with one attached hydrogen (secondary N) is 1. The molecule has 6 bridgehead atoms. The van der Waals surface area contributed by atoms with Gasteiger partial charge in [-0.3, -0.25) is 9.59 Å². The van der Waals surface area contributed by atoms with Crippen molar-refractivity contribution < 1.29 is 53.3 Å². The summed E-state index contributed by atoms with van der Waals surface area (Å²) in [6.45, 7) is 1.94. The number of hydrogen-bond acceptors (Lipinski definition) is 9. The minimum absolute atomic E-state index is 0.144. The van der Waals surface area contributed by atoms with Crippen molar-refractivity contribution in [2.45, 2.75) is 75.2 Å². The van der Waals surface area contributed by atoms with Crippen LogP contribution < -0.4 is 4.13 Å². The highest BCUT2D eigenvalue weighted by atomic mass is 32.3. The van der Waals surface area contributed by atoms with E-state index in [0.29, 0.717) is 16.0 Å². The Morgan fingerprint density at radius 3 is 2.17 bits per heavy atom. The molecule has 6 aliphatic carbocycles. The summed E-state index contributed by atoms with van der Waals surface area (Å²) in [5.74, 6) is -1.37. The van der Waals surface area contributed by atoms with E-state index in [1.165, 1.54) is 6.42 Å². The Kier molecular flexibility index (Phi) is 5.08. The summed E-state index contributed by atoms with van der Waals surface area (Å²) in [6.07, 6.45) is 2.49. The van der Waals surface area contributed by atoms with Crippen LogP contribution in [0.4, 0.5) is 13.2 Å². The van der Waals surface area contributed by atoms with Crippen molar-refractivity contribution in [1.29, 1.82) is 0 Å². The maximum atomic E-state index is 13.6. The van der Waals surface area contributed by atoms with Crippen LogP contribution in [0.1, 0.15) is 51.9 Å². The second-order valence-corrected chi connectivity index (χ2v) is 14.8. The SMILES string of the molecule is CC1(OC(=O)C23CC4CC2C(OC3=O)C4OS(=O)(=O)NS(=O)(=O)C(F)(F)F)C2CC3CC(C2)CC1C3. The number of fused-ring (bicyclic) bond motifs is 1. The quantitative estimate of drug-likeness (QED) is 0.382. The minimum atomic E-state index is -6.24. The van der Waals surface area contributed by atoms with Gasteiger partial charge in [-0.25, -0.2) is 12.6 Å². The van der Waals surface area contributed by atoms with Gasteiger partial charge in [0.15, 0.2) is 5.41 Å². The zero-order chi connectivity index (χ0) is 26.1. The monoisotopic (exact) mass is 557 g/mol. The van der Waals surface area contributed by atoms with Gasteiger partial charge in [0.25, 0.3) is 0 Å². The van der Waals surface area contributed by atoms with Crippen LogP contribution in [0.25, 0.3) is 0 Å². The van der Waals surface area contributed by atoms with Crippen LogP contribution in [-0.2, 0) is 43.6 Å². The lowest BCUT2D eigenvalue weighted by atomic mass is 9.50. The maximum Gasteiger partial charge on any atom is 0.512 e. The van der Waals surface area contributed by atoms with Gasteiger partial charge >= 0.3 is 37.8 Å². The first-order chi connectivity index (χ1) is 16.6. The van der Waals surface area contributed by atoms with Crippen molar-refractivity contribution in [2.24, 2.45) is 40.9 Å². The van der Waals surface area contributed by atoms with E-state index in [-0.39, 0.29) is 24.7 Å². The topological polar surface area (TPSA) is 142 Å². The highest BCUT2D eigenvalue weighted by Crippen LogP contribution is 2.65. The lowest BCUT2D eigenvalue weighted by Gasteiger charge is -2.59. The molecule has 36 heavy (non-hydrogen) atoms. The first kappa shape index (κ1) is 24.9. The Bertz CT molecular complexity index is 1210. The molecular formula is C21H26F3NO9S2. The van der Waals surface area contributed by atoms with Gasteiger partial charge in [-0.05, 0) is 81.5 Å². The summed E-state index contributed by atoms with van der Waals surface area (Å²) in [4.78, 5) is 26.6. The molecule has 10 nitrogen and oxygen atoms in total. The van der Waals surface area contributed by atoms with Gasteiger partial charge in [0, 0.05) is 5.92 Å². The van der Waals surface area contributed by atoms with Crippen LogP contribution in [0.2, 0.25) is 0 Å². The average molecular weight is 558 g/mol. The third-order valence-corrected chi connectivity index (χ3v) is 12.5. The van der Waals surface area contributed by atoms with Crippen LogP contribution in [-0.4, -0.2) is 52.1 Å². The van der Waals surface area contributed by atoms with E-state index >= 15 is 0 Å². The fraction of sp³-hybridized carbons (Fsp3) is 0.905. The predicted octanol–water partition coefficient (Wildman–Crippen LogP) is 1.77. The van der Waals surface area contributed by atoms with Crippen molar-refractivity contribution in [3.8, 4) is 0 Å². The molecule has 5 unspecified atom stereocenters. The maximum absolute atomic E-state index is 13.6. The molecule has 5 atom stereocenters. The van der Waals surface area contributed by atoms with Crippen LogP contribution >= 0.6 is 0 Å². The summed E-state index contributed by atoms with van der Waals surface area (Å²) in [5.41, 5.74) is -8.19. The standard InChI is InChI=1S/C21H26F3NO9S2/c1-19(12-3-9-2-10(5-12)6-13(19)4-9)33-18(27)20-8-11-7-14(20)16(32-17(20)26)15(11)34-36(30,31)25-35(28,29)21(22,23)24/h9-16,25H,2-8H2,1H3.